The normalized spacial score (nSPS) is 10.8. The zero-order valence-corrected chi connectivity index (χ0v) is 13.9. The van der Waals surface area contributed by atoms with Gasteiger partial charge in [-0.25, -0.2) is 0 Å². The lowest BCUT2D eigenvalue weighted by Crippen LogP contribution is -2.25. The van der Waals surface area contributed by atoms with Crippen molar-refractivity contribution in [1.82, 2.24) is 4.90 Å². The third-order valence-electron chi connectivity index (χ3n) is 3.39. The molecule has 0 aliphatic rings. The van der Waals surface area contributed by atoms with E-state index >= 15 is 0 Å². The molecule has 106 valence electrons. The summed E-state index contributed by atoms with van der Waals surface area (Å²) < 4.78 is 2.20. The van der Waals surface area contributed by atoms with E-state index in [0.29, 0.717) is 6.54 Å². The Kier molecular flexibility index (Phi) is 4.08. The lowest BCUT2D eigenvalue weighted by Gasteiger charge is -2.17. The van der Waals surface area contributed by atoms with Crippen LogP contribution in [0.15, 0.2) is 58.4 Å². The van der Waals surface area contributed by atoms with Gasteiger partial charge in [-0.2, -0.15) is 0 Å². The summed E-state index contributed by atoms with van der Waals surface area (Å²) in [5.41, 5.74) is 1.91. The molecule has 2 nitrogen and oxygen atoms in total. The monoisotopic (exact) mass is 359 g/mol. The van der Waals surface area contributed by atoms with Gasteiger partial charge in [0.05, 0.1) is 5.56 Å². The highest BCUT2D eigenvalue weighted by molar-refractivity contribution is 9.10. The van der Waals surface area contributed by atoms with Crippen LogP contribution in [-0.2, 0) is 6.54 Å². The number of hydrogen-bond acceptors (Lipinski definition) is 2. The Bertz CT molecular complexity index is 779. The molecule has 0 aliphatic carbocycles. The molecule has 2 aromatic carbocycles. The van der Waals surface area contributed by atoms with Gasteiger partial charge in [0.2, 0.25) is 0 Å². The van der Waals surface area contributed by atoms with E-state index in [9.17, 15) is 4.79 Å². The molecule has 0 radical (unpaired) electrons. The van der Waals surface area contributed by atoms with Crippen molar-refractivity contribution in [2.24, 2.45) is 0 Å². The third kappa shape index (κ3) is 3.01. The predicted octanol–water partition coefficient (Wildman–Crippen LogP) is 4.94. The Morgan fingerprint density at radius 3 is 2.62 bits per heavy atom. The molecule has 3 aromatic rings. The molecule has 0 bridgehead atoms. The van der Waals surface area contributed by atoms with Crippen LogP contribution in [0.2, 0.25) is 0 Å². The summed E-state index contributed by atoms with van der Waals surface area (Å²) in [4.78, 5) is 14.4. The van der Waals surface area contributed by atoms with Crippen molar-refractivity contribution >= 4 is 43.3 Å². The first-order valence-corrected chi connectivity index (χ1v) is 8.28. The molecule has 1 amide bonds. The minimum atomic E-state index is 0.0652. The highest BCUT2D eigenvalue weighted by atomic mass is 79.9. The second-order valence-electron chi connectivity index (χ2n) is 4.93. The first-order chi connectivity index (χ1) is 10.1. The molecule has 0 saturated carbocycles. The summed E-state index contributed by atoms with van der Waals surface area (Å²) in [6, 6.07) is 16.1. The molecule has 0 saturated heterocycles. The summed E-state index contributed by atoms with van der Waals surface area (Å²) in [7, 11) is 1.84. The molecule has 0 fully saturated rings. The molecular weight excluding hydrogens is 346 g/mol. The summed E-state index contributed by atoms with van der Waals surface area (Å²) in [5, 5.41) is 2.99. The summed E-state index contributed by atoms with van der Waals surface area (Å²) in [6.07, 6.45) is 0. The molecule has 3 rings (SSSR count). The van der Waals surface area contributed by atoms with E-state index in [1.807, 2.05) is 61.0 Å². The highest BCUT2D eigenvalue weighted by Crippen LogP contribution is 2.26. The van der Waals surface area contributed by atoms with Crippen LogP contribution in [0.3, 0.4) is 0 Å². The number of carbonyl (C=O) groups is 1. The van der Waals surface area contributed by atoms with E-state index in [4.69, 9.17) is 0 Å². The van der Waals surface area contributed by atoms with Gasteiger partial charge in [0.25, 0.3) is 5.91 Å². The highest BCUT2D eigenvalue weighted by Gasteiger charge is 2.16. The van der Waals surface area contributed by atoms with Crippen LogP contribution < -0.4 is 0 Å². The van der Waals surface area contributed by atoms with Gasteiger partial charge in [-0.1, -0.05) is 46.3 Å². The quantitative estimate of drug-likeness (QED) is 0.648. The number of thiophene rings is 1. The maximum absolute atomic E-state index is 12.6. The zero-order chi connectivity index (χ0) is 14.8. The largest absolute Gasteiger partial charge is 0.337 e. The van der Waals surface area contributed by atoms with Gasteiger partial charge in [-0.15, -0.1) is 11.3 Å². The molecule has 0 N–H and O–H groups in total. The third-order valence-corrected chi connectivity index (χ3v) is 4.88. The lowest BCUT2D eigenvalue weighted by atomic mass is 10.1. The molecule has 0 unspecified atom stereocenters. The Balaban J connectivity index is 1.82. The van der Waals surface area contributed by atoms with Crippen LogP contribution in [0.25, 0.3) is 10.1 Å². The van der Waals surface area contributed by atoms with Gasteiger partial charge < -0.3 is 4.90 Å². The van der Waals surface area contributed by atoms with Crippen molar-refractivity contribution in [3.05, 3.63) is 69.5 Å². The molecular formula is C17H14BrNOS. The van der Waals surface area contributed by atoms with Gasteiger partial charge in [0, 0.05) is 33.5 Å². The first kappa shape index (κ1) is 14.3. The minimum Gasteiger partial charge on any atom is -0.337 e. The van der Waals surface area contributed by atoms with Crippen molar-refractivity contribution in [1.29, 1.82) is 0 Å². The second-order valence-corrected chi connectivity index (χ2v) is 6.76. The predicted molar refractivity (Wildman–Crippen MR) is 91.8 cm³/mol. The molecule has 0 atom stereocenters. The average Bonchev–Trinajstić information content (AvgIpc) is 2.92. The number of fused-ring (bicyclic) bond motifs is 1. The van der Waals surface area contributed by atoms with E-state index in [0.717, 1.165) is 25.7 Å². The molecule has 1 aromatic heterocycles. The smallest absolute Gasteiger partial charge is 0.255 e. The fraction of sp³-hybridized carbons (Fsp3) is 0.118. The number of halogens is 1. The van der Waals surface area contributed by atoms with Crippen molar-refractivity contribution in [2.75, 3.05) is 7.05 Å². The molecule has 0 spiro atoms. The Morgan fingerprint density at radius 1 is 1.14 bits per heavy atom. The summed E-state index contributed by atoms with van der Waals surface area (Å²) >= 11 is 5.03. The number of carbonyl (C=O) groups excluding carboxylic acids is 1. The first-order valence-electron chi connectivity index (χ1n) is 6.61. The van der Waals surface area contributed by atoms with Crippen LogP contribution in [0, 0.1) is 0 Å². The van der Waals surface area contributed by atoms with Crippen molar-refractivity contribution in [2.45, 2.75) is 6.54 Å². The topological polar surface area (TPSA) is 20.3 Å². The SMILES string of the molecule is CN(Cc1ccc(Br)cc1)C(=O)c1csc2ccccc12. The van der Waals surface area contributed by atoms with Gasteiger partial charge in [0.15, 0.2) is 0 Å². The van der Waals surface area contributed by atoms with Crippen molar-refractivity contribution in [3.8, 4) is 0 Å². The fourth-order valence-electron chi connectivity index (χ4n) is 2.28. The average molecular weight is 360 g/mol. The van der Waals surface area contributed by atoms with Gasteiger partial charge in [0.1, 0.15) is 0 Å². The summed E-state index contributed by atoms with van der Waals surface area (Å²) in [5.74, 6) is 0.0652. The van der Waals surface area contributed by atoms with Crippen LogP contribution in [-0.4, -0.2) is 17.9 Å². The van der Waals surface area contributed by atoms with E-state index in [-0.39, 0.29) is 5.91 Å². The maximum Gasteiger partial charge on any atom is 0.255 e. The lowest BCUT2D eigenvalue weighted by molar-refractivity contribution is 0.0787. The van der Waals surface area contributed by atoms with Crippen LogP contribution in [0.1, 0.15) is 15.9 Å². The van der Waals surface area contributed by atoms with Gasteiger partial charge in [-0.05, 0) is 23.8 Å². The Morgan fingerprint density at radius 2 is 1.86 bits per heavy atom. The molecule has 21 heavy (non-hydrogen) atoms. The van der Waals surface area contributed by atoms with E-state index < -0.39 is 0 Å². The fourth-order valence-corrected chi connectivity index (χ4v) is 3.48. The van der Waals surface area contributed by atoms with E-state index in [1.54, 1.807) is 16.2 Å². The number of nitrogens with zero attached hydrogens (tertiary/aromatic N) is 1. The van der Waals surface area contributed by atoms with Gasteiger partial charge in [-0.3, -0.25) is 4.79 Å². The van der Waals surface area contributed by atoms with E-state index in [2.05, 4.69) is 15.9 Å². The summed E-state index contributed by atoms with van der Waals surface area (Å²) in [6.45, 7) is 0.607. The van der Waals surface area contributed by atoms with Crippen molar-refractivity contribution < 1.29 is 4.79 Å². The molecule has 4 heteroatoms. The number of hydrogen-bond donors (Lipinski definition) is 0. The minimum absolute atomic E-state index is 0.0652. The van der Waals surface area contributed by atoms with Crippen molar-refractivity contribution in [3.63, 3.8) is 0 Å². The maximum atomic E-state index is 12.6. The second kappa shape index (κ2) is 6.00. The Hall–Kier alpha value is -1.65. The number of rotatable bonds is 3. The van der Waals surface area contributed by atoms with Crippen LogP contribution in [0.5, 0.6) is 0 Å². The number of benzene rings is 2. The number of amides is 1. The van der Waals surface area contributed by atoms with Crippen LogP contribution in [0.4, 0.5) is 0 Å². The molecule has 0 aliphatic heterocycles. The molecule has 1 heterocycles. The van der Waals surface area contributed by atoms with E-state index in [1.165, 1.54) is 0 Å². The van der Waals surface area contributed by atoms with Crippen LogP contribution >= 0.6 is 27.3 Å². The Labute approximate surface area is 136 Å². The zero-order valence-electron chi connectivity index (χ0n) is 11.5. The standard InChI is InChI=1S/C17H14BrNOS/c1-19(10-12-6-8-13(18)9-7-12)17(20)15-11-21-16-5-3-2-4-14(15)16/h2-9,11H,10H2,1H3. The van der Waals surface area contributed by atoms with Gasteiger partial charge >= 0.3 is 0 Å².